The molecule has 1 fully saturated rings. The molecule has 0 aliphatic carbocycles. The molecule has 0 unspecified atom stereocenters. The molecular formula is C29H39ClN4O4S2. The van der Waals surface area contributed by atoms with Crippen LogP contribution in [0.15, 0.2) is 47.4 Å². The molecule has 3 aromatic rings. The number of thiazole rings is 1. The molecule has 11 heteroatoms. The first-order valence-corrected chi connectivity index (χ1v) is 16.5. The highest BCUT2D eigenvalue weighted by molar-refractivity contribution is 7.89. The smallest absolute Gasteiger partial charge is 0.260 e. The maximum atomic E-state index is 13.8. The van der Waals surface area contributed by atoms with Gasteiger partial charge in [-0.2, -0.15) is 4.31 Å². The Kier molecular flexibility index (Phi) is 10.6. The molecule has 1 aliphatic rings. The van der Waals surface area contributed by atoms with Crippen molar-refractivity contribution in [2.45, 2.75) is 39.0 Å². The number of sulfonamides is 1. The van der Waals surface area contributed by atoms with Crippen molar-refractivity contribution in [2.75, 3.05) is 57.4 Å². The van der Waals surface area contributed by atoms with Crippen molar-refractivity contribution in [1.82, 2.24) is 14.2 Å². The molecule has 1 saturated heterocycles. The van der Waals surface area contributed by atoms with Gasteiger partial charge in [-0.25, -0.2) is 13.4 Å². The van der Waals surface area contributed by atoms with Crippen LogP contribution in [0.2, 0.25) is 5.02 Å². The summed E-state index contributed by atoms with van der Waals surface area (Å²) in [6.45, 7) is 13.4. The predicted octanol–water partition coefficient (Wildman–Crippen LogP) is 5.62. The molecule has 8 nitrogen and oxygen atoms in total. The number of rotatable bonds is 12. The summed E-state index contributed by atoms with van der Waals surface area (Å²) in [4.78, 5) is 22.8. The van der Waals surface area contributed by atoms with Gasteiger partial charge in [0.2, 0.25) is 10.0 Å². The summed E-state index contributed by atoms with van der Waals surface area (Å²) in [7, 11) is -3.69. The maximum absolute atomic E-state index is 13.8. The number of ether oxygens (including phenoxy) is 1. The van der Waals surface area contributed by atoms with E-state index in [4.69, 9.17) is 21.3 Å². The Labute approximate surface area is 246 Å². The van der Waals surface area contributed by atoms with Crippen molar-refractivity contribution in [1.29, 1.82) is 0 Å². The van der Waals surface area contributed by atoms with Crippen molar-refractivity contribution < 1.29 is 17.9 Å². The van der Waals surface area contributed by atoms with Gasteiger partial charge in [-0.3, -0.25) is 14.6 Å². The lowest BCUT2D eigenvalue weighted by Crippen LogP contribution is -2.39. The van der Waals surface area contributed by atoms with Crippen LogP contribution in [0.25, 0.3) is 10.2 Å². The number of amides is 1. The van der Waals surface area contributed by atoms with E-state index in [9.17, 15) is 13.2 Å². The van der Waals surface area contributed by atoms with Crippen molar-refractivity contribution in [3.8, 4) is 0 Å². The molecule has 0 bridgehead atoms. The van der Waals surface area contributed by atoms with Gasteiger partial charge < -0.3 is 4.74 Å². The first-order valence-electron chi connectivity index (χ1n) is 13.8. The van der Waals surface area contributed by atoms with Gasteiger partial charge in [-0.05, 0) is 54.7 Å². The summed E-state index contributed by atoms with van der Waals surface area (Å²) < 4.78 is 34.8. The lowest BCUT2D eigenvalue weighted by molar-refractivity contribution is 0.0376. The van der Waals surface area contributed by atoms with E-state index in [1.165, 1.54) is 23.5 Å². The van der Waals surface area contributed by atoms with Gasteiger partial charge >= 0.3 is 0 Å². The number of para-hydroxylation sites is 1. The number of hydrogen-bond acceptors (Lipinski definition) is 7. The lowest BCUT2D eigenvalue weighted by atomic mass is 10.2. The average Bonchev–Trinajstić information content (AvgIpc) is 3.36. The lowest BCUT2D eigenvalue weighted by Gasteiger charge is -2.28. The Hall–Kier alpha value is -2.08. The van der Waals surface area contributed by atoms with E-state index in [1.54, 1.807) is 27.4 Å². The molecule has 40 heavy (non-hydrogen) atoms. The van der Waals surface area contributed by atoms with Crippen LogP contribution in [-0.4, -0.2) is 81.0 Å². The molecule has 0 radical (unpaired) electrons. The number of fused-ring (bicyclic) bond motifs is 1. The molecule has 4 rings (SSSR count). The largest absolute Gasteiger partial charge is 0.379 e. The van der Waals surface area contributed by atoms with E-state index < -0.39 is 10.0 Å². The number of aromatic nitrogens is 1. The normalized spacial score (nSPS) is 15.0. The van der Waals surface area contributed by atoms with Crippen molar-refractivity contribution in [3.05, 3.63) is 53.1 Å². The summed E-state index contributed by atoms with van der Waals surface area (Å²) in [6.07, 6.45) is 0.765. The van der Waals surface area contributed by atoms with Crippen LogP contribution in [0.3, 0.4) is 0 Å². The SMILES string of the molecule is CC(C)CN(CC(C)C)S(=O)(=O)c1ccc(C(=O)N(CCCN2CCOCC2)c2nc3c(Cl)cccc3s2)cc1. The Balaban J connectivity index is 1.58. The third-order valence-electron chi connectivity index (χ3n) is 6.67. The van der Waals surface area contributed by atoms with Gasteiger partial charge in [-0.1, -0.05) is 56.7 Å². The van der Waals surface area contributed by atoms with Gasteiger partial charge in [0.15, 0.2) is 5.13 Å². The molecule has 0 N–H and O–H groups in total. The van der Waals surface area contributed by atoms with Crippen molar-refractivity contribution in [3.63, 3.8) is 0 Å². The van der Waals surface area contributed by atoms with Crippen LogP contribution in [-0.2, 0) is 14.8 Å². The highest BCUT2D eigenvalue weighted by Gasteiger charge is 2.27. The summed E-state index contributed by atoms with van der Waals surface area (Å²) in [6, 6.07) is 11.9. The Morgan fingerprint density at radius 3 is 2.30 bits per heavy atom. The maximum Gasteiger partial charge on any atom is 0.260 e. The number of anilines is 1. The fourth-order valence-corrected chi connectivity index (χ4v) is 7.80. The number of carbonyl (C=O) groups is 1. The van der Waals surface area contributed by atoms with E-state index in [2.05, 4.69) is 4.90 Å². The Bertz CT molecular complexity index is 1380. The zero-order chi connectivity index (χ0) is 28.9. The number of halogens is 1. The number of benzene rings is 2. The molecular weight excluding hydrogens is 568 g/mol. The van der Waals surface area contributed by atoms with Gasteiger partial charge in [0.1, 0.15) is 5.52 Å². The number of carbonyl (C=O) groups excluding carboxylic acids is 1. The Morgan fingerprint density at radius 2 is 1.70 bits per heavy atom. The molecule has 0 saturated carbocycles. The minimum absolute atomic E-state index is 0.191. The van der Waals surface area contributed by atoms with Gasteiger partial charge in [0, 0.05) is 44.8 Å². The van der Waals surface area contributed by atoms with Crippen LogP contribution in [0, 0.1) is 11.8 Å². The van der Waals surface area contributed by atoms with Crippen LogP contribution >= 0.6 is 22.9 Å². The molecule has 2 heterocycles. The third kappa shape index (κ3) is 7.60. The van der Waals surface area contributed by atoms with Crippen LogP contribution in [0.5, 0.6) is 0 Å². The summed E-state index contributed by atoms with van der Waals surface area (Å²) in [5.41, 5.74) is 1.09. The quantitative estimate of drug-likeness (QED) is 0.266. The van der Waals surface area contributed by atoms with Gasteiger partial charge in [-0.15, -0.1) is 0 Å². The minimum Gasteiger partial charge on any atom is -0.379 e. The summed E-state index contributed by atoms with van der Waals surface area (Å²) in [5, 5.41) is 1.12. The standard InChI is InChI=1S/C29H39ClN4O4S2/c1-21(2)19-33(20-22(3)4)40(36,37)24-11-9-23(10-12-24)28(35)34(14-6-13-32-15-17-38-18-16-32)29-31-27-25(30)7-5-8-26(27)39-29/h5,7-12,21-22H,6,13-20H2,1-4H3. The minimum atomic E-state index is -3.69. The molecule has 1 amide bonds. The molecule has 0 atom stereocenters. The molecule has 218 valence electrons. The second-order valence-electron chi connectivity index (χ2n) is 11.0. The zero-order valence-corrected chi connectivity index (χ0v) is 26.1. The average molecular weight is 607 g/mol. The van der Waals surface area contributed by atoms with E-state index >= 15 is 0 Å². The van der Waals surface area contributed by atoms with E-state index in [0.717, 1.165) is 44.0 Å². The van der Waals surface area contributed by atoms with E-state index in [-0.39, 0.29) is 22.6 Å². The fourth-order valence-electron chi connectivity index (χ4n) is 4.74. The van der Waals surface area contributed by atoms with Crippen molar-refractivity contribution in [2.24, 2.45) is 11.8 Å². The molecule has 1 aromatic heterocycles. The molecule has 1 aliphatic heterocycles. The molecule has 0 spiro atoms. The number of hydrogen-bond donors (Lipinski definition) is 0. The number of morpholine rings is 1. The van der Waals surface area contributed by atoms with Gasteiger partial charge in [0.25, 0.3) is 5.91 Å². The monoisotopic (exact) mass is 606 g/mol. The van der Waals surface area contributed by atoms with E-state index in [0.29, 0.717) is 40.9 Å². The summed E-state index contributed by atoms with van der Waals surface area (Å²) in [5.74, 6) is 0.174. The van der Waals surface area contributed by atoms with Gasteiger partial charge in [0.05, 0.1) is 27.8 Å². The predicted molar refractivity (Wildman–Crippen MR) is 163 cm³/mol. The Morgan fingerprint density at radius 1 is 1.05 bits per heavy atom. The van der Waals surface area contributed by atoms with E-state index in [1.807, 2.05) is 39.8 Å². The highest BCUT2D eigenvalue weighted by Crippen LogP contribution is 2.33. The summed E-state index contributed by atoms with van der Waals surface area (Å²) >= 11 is 7.81. The van der Waals surface area contributed by atoms with Crippen LogP contribution < -0.4 is 4.90 Å². The second-order valence-corrected chi connectivity index (χ2v) is 14.3. The third-order valence-corrected chi connectivity index (χ3v) is 9.87. The zero-order valence-electron chi connectivity index (χ0n) is 23.7. The molecule has 2 aromatic carbocycles. The first-order chi connectivity index (χ1) is 19.1. The number of nitrogens with zero attached hydrogens (tertiary/aromatic N) is 4. The van der Waals surface area contributed by atoms with Crippen molar-refractivity contribution >= 4 is 54.2 Å². The fraction of sp³-hybridized carbons (Fsp3) is 0.517. The van der Waals surface area contributed by atoms with Crippen LogP contribution in [0.1, 0.15) is 44.5 Å². The second kappa shape index (κ2) is 13.7. The highest BCUT2D eigenvalue weighted by atomic mass is 35.5. The first kappa shape index (κ1) is 30.9. The topological polar surface area (TPSA) is 83.1 Å². The van der Waals surface area contributed by atoms with Crippen LogP contribution in [0.4, 0.5) is 5.13 Å².